The van der Waals surface area contributed by atoms with Gasteiger partial charge >= 0.3 is 0 Å². The summed E-state index contributed by atoms with van der Waals surface area (Å²) < 4.78 is 10.6. The Hall–Kier alpha value is -3.02. The van der Waals surface area contributed by atoms with Crippen LogP contribution in [0.5, 0.6) is 11.5 Å². The van der Waals surface area contributed by atoms with Gasteiger partial charge in [-0.1, -0.05) is 18.2 Å². The van der Waals surface area contributed by atoms with Gasteiger partial charge in [-0.3, -0.25) is 9.59 Å². The Labute approximate surface area is 147 Å². The Morgan fingerprint density at radius 1 is 1.04 bits per heavy atom. The molecule has 2 N–H and O–H groups in total. The lowest BCUT2D eigenvalue weighted by atomic mass is 10.2. The van der Waals surface area contributed by atoms with Gasteiger partial charge in [0.15, 0.2) is 18.1 Å². The Morgan fingerprint density at radius 3 is 2.44 bits per heavy atom. The van der Waals surface area contributed by atoms with E-state index in [9.17, 15) is 9.59 Å². The van der Waals surface area contributed by atoms with Crippen LogP contribution < -0.4 is 20.1 Å². The van der Waals surface area contributed by atoms with E-state index < -0.39 is 0 Å². The maximum Gasteiger partial charge on any atom is 0.262 e. The topological polar surface area (TPSA) is 76.7 Å². The quantitative estimate of drug-likeness (QED) is 0.811. The normalized spacial score (nSPS) is 10.2. The molecule has 0 saturated heterocycles. The number of hydrogen-bond acceptors (Lipinski definition) is 4. The molecule has 0 radical (unpaired) electrons. The van der Waals surface area contributed by atoms with Crippen LogP contribution >= 0.6 is 0 Å². The summed E-state index contributed by atoms with van der Waals surface area (Å²) in [6.07, 6.45) is 0. The highest BCUT2D eigenvalue weighted by molar-refractivity contribution is 5.97. The van der Waals surface area contributed by atoms with E-state index in [4.69, 9.17) is 9.47 Å². The molecule has 6 nitrogen and oxygen atoms in total. The molecule has 0 spiro atoms. The molecule has 132 valence electrons. The smallest absolute Gasteiger partial charge is 0.262 e. The number of anilines is 1. The molecule has 0 aliphatic heterocycles. The second kappa shape index (κ2) is 8.73. The molecule has 0 aliphatic rings. The second-order valence-corrected chi connectivity index (χ2v) is 5.70. The van der Waals surface area contributed by atoms with E-state index in [1.54, 1.807) is 42.5 Å². The summed E-state index contributed by atoms with van der Waals surface area (Å²) in [6.45, 7) is 3.61. The van der Waals surface area contributed by atoms with Crippen LogP contribution in [0.1, 0.15) is 24.2 Å². The molecular formula is C19H22N2O4. The fourth-order valence-electron chi connectivity index (χ4n) is 2.16. The van der Waals surface area contributed by atoms with Gasteiger partial charge in [-0.05, 0) is 44.2 Å². The van der Waals surface area contributed by atoms with Crippen LogP contribution in [0.4, 0.5) is 5.69 Å². The summed E-state index contributed by atoms with van der Waals surface area (Å²) in [5.41, 5.74) is 1.02. The Kier molecular flexibility index (Phi) is 6.39. The van der Waals surface area contributed by atoms with E-state index in [2.05, 4.69) is 10.6 Å². The Morgan fingerprint density at radius 2 is 1.76 bits per heavy atom. The number of para-hydroxylation sites is 2. The second-order valence-electron chi connectivity index (χ2n) is 5.70. The first-order chi connectivity index (χ1) is 12.0. The molecular weight excluding hydrogens is 320 g/mol. The van der Waals surface area contributed by atoms with Crippen molar-refractivity contribution in [3.05, 3.63) is 54.1 Å². The van der Waals surface area contributed by atoms with Crippen molar-refractivity contribution in [1.29, 1.82) is 0 Å². The van der Waals surface area contributed by atoms with Gasteiger partial charge in [0.1, 0.15) is 0 Å². The van der Waals surface area contributed by atoms with Gasteiger partial charge in [-0.25, -0.2) is 0 Å². The summed E-state index contributed by atoms with van der Waals surface area (Å²) in [4.78, 5) is 24.1. The van der Waals surface area contributed by atoms with Gasteiger partial charge in [0.2, 0.25) is 0 Å². The number of amides is 2. The van der Waals surface area contributed by atoms with Gasteiger partial charge in [-0.15, -0.1) is 0 Å². The third-order valence-corrected chi connectivity index (χ3v) is 3.26. The van der Waals surface area contributed by atoms with Crippen molar-refractivity contribution in [3.63, 3.8) is 0 Å². The minimum absolute atomic E-state index is 0.0417. The number of methoxy groups -OCH3 is 1. The van der Waals surface area contributed by atoms with Crippen molar-refractivity contribution in [3.8, 4) is 11.5 Å². The first-order valence-electron chi connectivity index (χ1n) is 7.96. The van der Waals surface area contributed by atoms with Gasteiger partial charge in [0, 0.05) is 17.3 Å². The van der Waals surface area contributed by atoms with Gasteiger partial charge in [0.05, 0.1) is 7.11 Å². The van der Waals surface area contributed by atoms with Crippen LogP contribution in [0.15, 0.2) is 48.5 Å². The summed E-state index contributed by atoms with van der Waals surface area (Å²) in [7, 11) is 1.54. The molecule has 2 amide bonds. The predicted octanol–water partition coefficient (Wildman–Crippen LogP) is 2.85. The van der Waals surface area contributed by atoms with Crippen molar-refractivity contribution < 1.29 is 19.1 Å². The van der Waals surface area contributed by atoms with Crippen molar-refractivity contribution in [2.24, 2.45) is 0 Å². The van der Waals surface area contributed by atoms with Gasteiger partial charge < -0.3 is 20.1 Å². The molecule has 0 fully saturated rings. The summed E-state index contributed by atoms with van der Waals surface area (Å²) >= 11 is 0. The molecule has 2 rings (SSSR count). The highest BCUT2D eigenvalue weighted by Crippen LogP contribution is 2.25. The lowest BCUT2D eigenvalue weighted by molar-refractivity contribution is -0.118. The van der Waals surface area contributed by atoms with E-state index in [0.29, 0.717) is 22.7 Å². The highest BCUT2D eigenvalue weighted by Gasteiger charge is 2.10. The fourth-order valence-corrected chi connectivity index (χ4v) is 2.16. The van der Waals surface area contributed by atoms with Crippen LogP contribution in [-0.4, -0.2) is 31.6 Å². The van der Waals surface area contributed by atoms with Crippen molar-refractivity contribution in [1.82, 2.24) is 5.32 Å². The van der Waals surface area contributed by atoms with Crippen LogP contribution in [0.2, 0.25) is 0 Å². The zero-order valence-electron chi connectivity index (χ0n) is 14.5. The monoisotopic (exact) mass is 342 g/mol. The average Bonchev–Trinajstić information content (AvgIpc) is 2.60. The molecule has 2 aromatic rings. The summed E-state index contributed by atoms with van der Waals surface area (Å²) in [5, 5.41) is 5.52. The fraction of sp³-hybridized carbons (Fsp3) is 0.263. The zero-order chi connectivity index (χ0) is 18.2. The van der Waals surface area contributed by atoms with Crippen LogP contribution in [0.3, 0.4) is 0 Å². The van der Waals surface area contributed by atoms with E-state index >= 15 is 0 Å². The lowest BCUT2D eigenvalue weighted by Crippen LogP contribution is -2.30. The van der Waals surface area contributed by atoms with Crippen molar-refractivity contribution in [2.45, 2.75) is 19.9 Å². The van der Waals surface area contributed by atoms with Crippen LogP contribution in [0, 0.1) is 0 Å². The third-order valence-electron chi connectivity index (χ3n) is 3.26. The molecule has 0 bridgehead atoms. The van der Waals surface area contributed by atoms with E-state index in [1.807, 2.05) is 19.9 Å². The minimum atomic E-state index is -0.327. The van der Waals surface area contributed by atoms with Crippen molar-refractivity contribution >= 4 is 17.5 Å². The van der Waals surface area contributed by atoms with E-state index in [0.717, 1.165) is 0 Å². The van der Waals surface area contributed by atoms with Gasteiger partial charge in [0.25, 0.3) is 11.8 Å². The van der Waals surface area contributed by atoms with Crippen molar-refractivity contribution in [2.75, 3.05) is 19.0 Å². The molecule has 0 unspecified atom stereocenters. The molecule has 0 aromatic heterocycles. The largest absolute Gasteiger partial charge is 0.493 e. The van der Waals surface area contributed by atoms with Gasteiger partial charge in [-0.2, -0.15) is 0 Å². The van der Waals surface area contributed by atoms with Crippen LogP contribution in [0.25, 0.3) is 0 Å². The molecule has 0 atom stereocenters. The number of benzene rings is 2. The van der Waals surface area contributed by atoms with E-state index in [1.165, 1.54) is 7.11 Å². The molecule has 6 heteroatoms. The van der Waals surface area contributed by atoms with Crippen LogP contribution in [-0.2, 0) is 4.79 Å². The summed E-state index contributed by atoms with van der Waals surface area (Å²) in [6, 6.07) is 13.9. The molecule has 0 heterocycles. The zero-order valence-corrected chi connectivity index (χ0v) is 14.5. The Bertz CT molecular complexity index is 744. The predicted molar refractivity (Wildman–Crippen MR) is 96.2 cm³/mol. The maximum atomic E-state index is 12.1. The number of carbonyl (C=O) groups is 2. The number of rotatable bonds is 7. The number of nitrogens with one attached hydrogen (secondary N) is 2. The number of hydrogen-bond donors (Lipinski definition) is 2. The first-order valence-corrected chi connectivity index (χ1v) is 7.96. The molecule has 0 aliphatic carbocycles. The molecule has 2 aromatic carbocycles. The number of carbonyl (C=O) groups excluding carboxylic acids is 2. The van der Waals surface area contributed by atoms with E-state index in [-0.39, 0.29) is 24.5 Å². The maximum absolute atomic E-state index is 12.1. The standard InChI is InChI=1S/C19H22N2O4/c1-13(2)20-19(23)14-7-6-8-15(11-14)21-18(22)12-25-17-10-5-4-9-16(17)24-3/h4-11,13H,12H2,1-3H3,(H,20,23)(H,21,22). The Balaban J connectivity index is 1.95. The third kappa shape index (κ3) is 5.53. The summed E-state index contributed by atoms with van der Waals surface area (Å²) in [5.74, 6) is 0.538. The lowest BCUT2D eigenvalue weighted by Gasteiger charge is -2.12. The first kappa shape index (κ1) is 18.3. The highest BCUT2D eigenvalue weighted by atomic mass is 16.5. The number of ether oxygens (including phenoxy) is 2. The molecule has 0 saturated carbocycles. The SMILES string of the molecule is COc1ccccc1OCC(=O)Nc1cccc(C(=O)NC(C)C)c1. The molecule has 25 heavy (non-hydrogen) atoms. The minimum Gasteiger partial charge on any atom is -0.493 e. The average molecular weight is 342 g/mol.